The number of carbonyl (C=O) groups is 2. The summed E-state index contributed by atoms with van der Waals surface area (Å²) < 4.78 is 28.7. The number of hydrogen-bond acceptors (Lipinski definition) is 6. The quantitative estimate of drug-likeness (QED) is 0.696. The molecule has 0 radical (unpaired) electrons. The van der Waals surface area contributed by atoms with Crippen LogP contribution >= 0.6 is 0 Å². The standard InChI is InChI=1S/C13H23N3O6S/c1-23(20,21)16-7-6-15(13(16)19)12(18)14-5-2-11(17)10-3-8-22-9-4-10/h10-11,17H,2-9H2,1H3,(H,14,18). The molecule has 132 valence electrons. The van der Waals surface area contributed by atoms with Crippen molar-refractivity contribution >= 4 is 22.1 Å². The molecule has 2 heterocycles. The minimum atomic E-state index is -3.66. The minimum absolute atomic E-state index is 0.0280. The van der Waals surface area contributed by atoms with Gasteiger partial charge in [0.1, 0.15) is 0 Å². The zero-order chi connectivity index (χ0) is 17.0. The molecule has 2 rings (SSSR count). The molecule has 23 heavy (non-hydrogen) atoms. The van der Waals surface area contributed by atoms with Crippen LogP contribution in [0, 0.1) is 5.92 Å². The summed E-state index contributed by atoms with van der Waals surface area (Å²) in [4.78, 5) is 24.7. The monoisotopic (exact) mass is 349 g/mol. The van der Waals surface area contributed by atoms with E-state index in [1.165, 1.54) is 0 Å². The zero-order valence-electron chi connectivity index (χ0n) is 13.1. The van der Waals surface area contributed by atoms with Gasteiger partial charge in [-0.3, -0.25) is 0 Å². The van der Waals surface area contributed by atoms with Crippen LogP contribution in [0.2, 0.25) is 0 Å². The second-order valence-corrected chi connectivity index (χ2v) is 7.71. The van der Waals surface area contributed by atoms with Crippen LogP contribution in [-0.2, 0) is 14.8 Å². The number of hydrogen-bond donors (Lipinski definition) is 2. The number of rotatable bonds is 5. The Labute approximate surface area is 135 Å². The van der Waals surface area contributed by atoms with Gasteiger partial charge in [0.2, 0.25) is 10.0 Å². The number of urea groups is 2. The molecule has 2 N–H and O–H groups in total. The van der Waals surface area contributed by atoms with Crippen LogP contribution in [0.3, 0.4) is 0 Å². The van der Waals surface area contributed by atoms with E-state index in [1.807, 2.05) is 0 Å². The van der Waals surface area contributed by atoms with Crippen LogP contribution in [0.5, 0.6) is 0 Å². The highest BCUT2D eigenvalue weighted by Crippen LogP contribution is 2.20. The summed E-state index contributed by atoms with van der Waals surface area (Å²) in [6.45, 7) is 1.49. The zero-order valence-corrected chi connectivity index (χ0v) is 13.9. The number of amides is 4. The molecule has 1 atom stereocenters. The molecule has 0 aliphatic carbocycles. The van der Waals surface area contributed by atoms with E-state index < -0.39 is 28.2 Å². The lowest BCUT2D eigenvalue weighted by Crippen LogP contribution is -2.44. The predicted molar refractivity (Wildman–Crippen MR) is 81.2 cm³/mol. The molecular weight excluding hydrogens is 326 g/mol. The molecule has 2 aliphatic heterocycles. The number of aliphatic hydroxyl groups is 1. The van der Waals surface area contributed by atoms with Crippen molar-refractivity contribution in [1.29, 1.82) is 0 Å². The highest BCUT2D eigenvalue weighted by molar-refractivity contribution is 7.88. The molecule has 10 heteroatoms. The molecule has 9 nitrogen and oxygen atoms in total. The Morgan fingerprint density at radius 1 is 1.39 bits per heavy atom. The lowest BCUT2D eigenvalue weighted by atomic mass is 9.92. The highest BCUT2D eigenvalue weighted by atomic mass is 32.2. The Kier molecular flexibility index (Phi) is 5.82. The van der Waals surface area contributed by atoms with Gasteiger partial charge in [-0.25, -0.2) is 27.2 Å². The van der Waals surface area contributed by atoms with Crippen molar-refractivity contribution < 1.29 is 27.9 Å². The van der Waals surface area contributed by atoms with Gasteiger partial charge in [-0.05, 0) is 25.2 Å². The number of sulfonamides is 1. The van der Waals surface area contributed by atoms with Gasteiger partial charge < -0.3 is 15.2 Å². The third kappa shape index (κ3) is 4.55. The molecule has 2 fully saturated rings. The summed E-state index contributed by atoms with van der Waals surface area (Å²) in [6, 6.07) is -1.48. The molecule has 4 amide bonds. The van der Waals surface area contributed by atoms with Gasteiger partial charge in [0.05, 0.1) is 25.4 Å². The Hall–Kier alpha value is -1.39. The topological polar surface area (TPSA) is 116 Å². The van der Waals surface area contributed by atoms with E-state index in [0.29, 0.717) is 23.9 Å². The van der Waals surface area contributed by atoms with Crippen LogP contribution in [0.15, 0.2) is 0 Å². The second-order valence-electron chi connectivity index (χ2n) is 5.81. The average molecular weight is 349 g/mol. The van der Waals surface area contributed by atoms with E-state index in [4.69, 9.17) is 4.74 Å². The first kappa shape index (κ1) is 18.0. The van der Waals surface area contributed by atoms with Gasteiger partial charge in [0.15, 0.2) is 0 Å². The first-order chi connectivity index (χ1) is 10.8. The Bertz CT molecular complexity index is 546. The number of carbonyl (C=O) groups excluding carboxylic acids is 2. The number of nitrogens with zero attached hydrogens (tertiary/aromatic N) is 2. The molecule has 0 aromatic carbocycles. The van der Waals surface area contributed by atoms with Crippen molar-refractivity contribution in [2.45, 2.75) is 25.4 Å². The predicted octanol–water partition coefficient (Wildman–Crippen LogP) is -0.429. The molecule has 0 aromatic heterocycles. The van der Waals surface area contributed by atoms with Gasteiger partial charge in [-0.15, -0.1) is 0 Å². The summed E-state index contributed by atoms with van der Waals surface area (Å²) in [5.41, 5.74) is 0. The van der Waals surface area contributed by atoms with E-state index in [0.717, 1.165) is 24.0 Å². The van der Waals surface area contributed by atoms with Gasteiger partial charge in [-0.2, -0.15) is 0 Å². The molecule has 1 unspecified atom stereocenters. The van der Waals surface area contributed by atoms with Crippen LogP contribution < -0.4 is 5.32 Å². The summed E-state index contributed by atoms with van der Waals surface area (Å²) in [5.74, 6) is 0.162. The van der Waals surface area contributed by atoms with Gasteiger partial charge in [0.25, 0.3) is 0 Å². The SMILES string of the molecule is CS(=O)(=O)N1CCN(C(=O)NCCC(O)C2CCOCC2)C1=O. The lowest BCUT2D eigenvalue weighted by Gasteiger charge is -2.26. The van der Waals surface area contributed by atoms with E-state index >= 15 is 0 Å². The van der Waals surface area contributed by atoms with Crippen LogP contribution in [0.4, 0.5) is 9.59 Å². The molecule has 0 spiro atoms. The maximum Gasteiger partial charge on any atom is 0.341 e. The molecular formula is C13H23N3O6S. The van der Waals surface area contributed by atoms with Crippen molar-refractivity contribution in [3.63, 3.8) is 0 Å². The van der Waals surface area contributed by atoms with Crippen molar-refractivity contribution in [1.82, 2.24) is 14.5 Å². The first-order valence-corrected chi connectivity index (χ1v) is 9.48. The maximum absolute atomic E-state index is 12.0. The fraction of sp³-hybridized carbons (Fsp3) is 0.846. The van der Waals surface area contributed by atoms with Crippen molar-refractivity contribution in [2.24, 2.45) is 5.92 Å². The first-order valence-electron chi connectivity index (χ1n) is 7.63. The van der Waals surface area contributed by atoms with Crippen molar-refractivity contribution in [3.8, 4) is 0 Å². The summed E-state index contributed by atoms with van der Waals surface area (Å²) in [6.07, 6.45) is 2.37. The maximum atomic E-state index is 12.0. The van der Waals surface area contributed by atoms with Crippen LogP contribution in [0.25, 0.3) is 0 Å². The molecule has 2 saturated heterocycles. The molecule has 2 aliphatic rings. The largest absolute Gasteiger partial charge is 0.393 e. The lowest BCUT2D eigenvalue weighted by molar-refractivity contribution is 0.00540. The Morgan fingerprint density at radius 2 is 2.04 bits per heavy atom. The van der Waals surface area contributed by atoms with Gasteiger partial charge in [0, 0.05) is 19.8 Å². The van der Waals surface area contributed by atoms with Crippen molar-refractivity contribution in [2.75, 3.05) is 39.1 Å². The number of aliphatic hydroxyl groups excluding tert-OH is 1. The van der Waals surface area contributed by atoms with E-state index in [9.17, 15) is 23.1 Å². The van der Waals surface area contributed by atoms with Crippen LogP contribution in [-0.4, -0.2) is 80.0 Å². The molecule has 0 saturated carbocycles. The third-order valence-corrected chi connectivity index (χ3v) is 5.28. The third-order valence-electron chi connectivity index (χ3n) is 4.14. The number of nitrogens with one attached hydrogen (secondary N) is 1. The van der Waals surface area contributed by atoms with E-state index in [-0.39, 0.29) is 25.6 Å². The molecule has 0 bridgehead atoms. The van der Waals surface area contributed by atoms with E-state index in [1.54, 1.807) is 0 Å². The highest BCUT2D eigenvalue weighted by Gasteiger charge is 2.38. The van der Waals surface area contributed by atoms with Crippen molar-refractivity contribution in [3.05, 3.63) is 0 Å². The summed E-state index contributed by atoms with van der Waals surface area (Å²) >= 11 is 0. The fourth-order valence-corrected chi connectivity index (χ4v) is 3.57. The summed E-state index contributed by atoms with van der Waals surface area (Å²) in [5, 5.41) is 12.6. The van der Waals surface area contributed by atoms with Gasteiger partial charge >= 0.3 is 12.1 Å². The van der Waals surface area contributed by atoms with E-state index in [2.05, 4.69) is 5.32 Å². The normalized spacial score (nSPS) is 21.6. The molecule has 0 aromatic rings. The number of imide groups is 1. The number of ether oxygens (including phenoxy) is 1. The fourth-order valence-electron chi connectivity index (χ4n) is 2.77. The van der Waals surface area contributed by atoms with Crippen LogP contribution in [0.1, 0.15) is 19.3 Å². The average Bonchev–Trinajstić information content (AvgIpc) is 2.89. The Balaban J connectivity index is 1.76. The minimum Gasteiger partial charge on any atom is -0.393 e. The second kappa shape index (κ2) is 7.45. The summed E-state index contributed by atoms with van der Waals surface area (Å²) in [7, 11) is -3.66. The Morgan fingerprint density at radius 3 is 2.61 bits per heavy atom. The smallest absolute Gasteiger partial charge is 0.341 e. The van der Waals surface area contributed by atoms with Gasteiger partial charge in [-0.1, -0.05) is 0 Å².